The molecule has 1 atom stereocenters. The zero-order valence-corrected chi connectivity index (χ0v) is 17.3. The summed E-state index contributed by atoms with van der Waals surface area (Å²) in [6.07, 6.45) is 0.672. The van der Waals surface area contributed by atoms with Crippen LogP contribution in [0.15, 0.2) is 6.07 Å². The number of carbonyl (C=O) groups excluding carboxylic acids is 1. The average Bonchev–Trinajstić information content (AvgIpc) is 2.55. The van der Waals surface area contributed by atoms with Crippen LogP contribution in [-0.4, -0.2) is 41.9 Å². The fourth-order valence-corrected chi connectivity index (χ4v) is 3.69. The van der Waals surface area contributed by atoms with Gasteiger partial charge in [-0.15, -0.1) is 0 Å². The van der Waals surface area contributed by atoms with E-state index in [-0.39, 0.29) is 12.0 Å². The molecule has 146 valence electrons. The summed E-state index contributed by atoms with van der Waals surface area (Å²) in [6, 6.07) is 1.78. The lowest BCUT2D eigenvalue weighted by Crippen LogP contribution is -2.41. The molecule has 1 saturated heterocycles. The van der Waals surface area contributed by atoms with Crippen molar-refractivity contribution in [3.05, 3.63) is 27.8 Å². The van der Waals surface area contributed by atoms with Gasteiger partial charge in [-0.25, -0.2) is 4.79 Å². The average molecular weight is 384 g/mol. The number of benzene rings is 1. The SMILES string of the molecule is COc1c([C@H](C)O)cc(Cl)c(C)c1C1CCN(C(=O)OC(C)(C)C)CC1. The highest BCUT2D eigenvalue weighted by molar-refractivity contribution is 6.31. The number of aliphatic hydroxyl groups excluding tert-OH is 1. The number of aliphatic hydroxyl groups is 1. The number of piperidine rings is 1. The summed E-state index contributed by atoms with van der Waals surface area (Å²) in [6.45, 7) is 10.5. The van der Waals surface area contributed by atoms with Crippen molar-refractivity contribution in [3.63, 3.8) is 0 Å². The van der Waals surface area contributed by atoms with Gasteiger partial charge in [-0.3, -0.25) is 0 Å². The first kappa shape index (κ1) is 20.8. The number of nitrogens with zero attached hydrogens (tertiary/aromatic N) is 1. The smallest absolute Gasteiger partial charge is 0.410 e. The van der Waals surface area contributed by atoms with Gasteiger partial charge in [-0.1, -0.05) is 11.6 Å². The molecule has 1 fully saturated rings. The molecule has 0 unspecified atom stereocenters. The van der Waals surface area contributed by atoms with Gasteiger partial charge in [0.1, 0.15) is 11.4 Å². The third-order valence-electron chi connectivity index (χ3n) is 4.76. The quantitative estimate of drug-likeness (QED) is 0.812. The van der Waals surface area contributed by atoms with Crippen LogP contribution in [0.3, 0.4) is 0 Å². The molecule has 1 N–H and O–H groups in total. The minimum Gasteiger partial charge on any atom is -0.496 e. The number of hydrogen-bond donors (Lipinski definition) is 1. The van der Waals surface area contributed by atoms with Crippen LogP contribution in [0.5, 0.6) is 5.75 Å². The van der Waals surface area contributed by atoms with Crippen LogP contribution in [0.2, 0.25) is 5.02 Å². The number of halogens is 1. The standard InChI is InChI=1S/C20H30ClNO4/c1-12-16(21)11-15(13(2)23)18(25-6)17(12)14-7-9-22(10-8-14)19(24)26-20(3,4)5/h11,13-14,23H,7-10H2,1-6H3/t13-/m0/s1. The Kier molecular flexibility index (Phi) is 6.46. The largest absolute Gasteiger partial charge is 0.496 e. The zero-order valence-electron chi connectivity index (χ0n) is 16.6. The molecule has 0 radical (unpaired) electrons. The van der Waals surface area contributed by atoms with E-state index in [0.29, 0.717) is 29.4 Å². The molecule has 5 nitrogen and oxygen atoms in total. The monoisotopic (exact) mass is 383 g/mol. The Balaban J connectivity index is 2.23. The van der Waals surface area contributed by atoms with Crippen LogP contribution in [-0.2, 0) is 4.74 Å². The van der Waals surface area contributed by atoms with E-state index in [4.69, 9.17) is 21.1 Å². The van der Waals surface area contributed by atoms with Crippen molar-refractivity contribution in [1.29, 1.82) is 0 Å². The van der Waals surface area contributed by atoms with Crippen LogP contribution < -0.4 is 4.74 Å². The van der Waals surface area contributed by atoms with E-state index >= 15 is 0 Å². The summed E-state index contributed by atoms with van der Waals surface area (Å²) in [4.78, 5) is 14.0. The van der Waals surface area contributed by atoms with E-state index in [1.54, 1.807) is 25.0 Å². The predicted molar refractivity (Wildman–Crippen MR) is 103 cm³/mol. The van der Waals surface area contributed by atoms with Crippen molar-refractivity contribution >= 4 is 17.7 Å². The molecular weight excluding hydrogens is 354 g/mol. The second-order valence-electron chi connectivity index (χ2n) is 7.94. The lowest BCUT2D eigenvalue weighted by atomic mass is 9.84. The van der Waals surface area contributed by atoms with Crippen molar-refractivity contribution in [3.8, 4) is 5.75 Å². The maximum atomic E-state index is 12.3. The summed E-state index contributed by atoms with van der Waals surface area (Å²) in [5.74, 6) is 0.928. The molecule has 1 heterocycles. The topological polar surface area (TPSA) is 59.0 Å². The number of hydrogen-bond acceptors (Lipinski definition) is 4. The van der Waals surface area contributed by atoms with Gasteiger partial charge in [0.25, 0.3) is 0 Å². The first-order valence-electron chi connectivity index (χ1n) is 9.08. The van der Waals surface area contributed by atoms with Crippen molar-refractivity contribution in [2.75, 3.05) is 20.2 Å². The third-order valence-corrected chi connectivity index (χ3v) is 5.15. The van der Waals surface area contributed by atoms with Gasteiger partial charge in [0.2, 0.25) is 0 Å². The van der Waals surface area contributed by atoms with Crippen LogP contribution in [0.25, 0.3) is 0 Å². The number of rotatable bonds is 3. The van der Waals surface area contributed by atoms with E-state index in [2.05, 4.69) is 0 Å². The Morgan fingerprint density at radius 2 is 1.92 bits per heavy atom. The minimum absolute atomic E-state index is 0.222. The molecule has 1 amide bonds. The van der Waals surface area contributed by atoms with Crippen LogP contribution in [0.4, 0.5) is 4.79 Å². The second kappa shape index (κ2) is 8.05. The van der Waals surface area contributed by atoms with Gasteiger partial charge in [0.15, 0.2) is 0 Å². The lowest BCUT2D eigenvalue weighted by Gasteiger charge is -2.35. The van der Waals surface area contributed by atoms with E-state index in [1.165, 1.54) is 0 Å². The summed E-state index contributed by atoms with van der Waals surface area (Å²) in [5.41, 5.74) is 2.23. The highest BCUT2D eigenvalue weighted by atomic mass is 35.5. The molecule has 1 aromatic rings. The van der Waals surface area contributed by atoms with Gasteiger partial charge in [0.05, 0.1) is 13.2 Å². The Morgan fingerprint density at radius 1 is 1.35 bits per heavy atom. The van der Waals surface area contributed by atoms with Crippen molar-refractivity contribution in [1.82, 2.24) is 4.90 Å². The summed E-state index contributed by atoms with van der Waals surface area (Å²) < 4.78 is 11.1. The summed E-state index contributed by atoms with van der Waals surface area (Å²) in [5, 5.41) is 10.7. The first-order chi connectivity index (χ1) is 12.0. The number of carbonyl (C=O) groups is 1. The molecule has 1 aliphatic rings. The molecule has 0 spiro atoms. The molecule has 26 heavy (non-hydrogen) atoms. The Bertz CT molecular complexity index is 659. The van der Waals surface area contributed by atoms with Crippen molar-refractivity contribution in [2.45, 2.75) is 65.1 Å². The zero-order chi connectivity index (χ0) is 19.6. The van der Waals surface area contributed by atoms with Gasteiger partial charge < -0.3 is 19.5 Å². The number of likely N-dealkylation sites (tertiary alicyclic amines) is 1. The number of ether oxygens (including phenoxy) is 2. The van der Waals surface area contributed by atoms with E-state index < -0.39 is 11.7 Å². The highest BCUT2D eigenvalue weighted by Gasteiger charge is 2.31. The molecule has 0 aliphatic carbocycles. The fraction of sp³-hybridized carbons (Fsp3) is 0.650. The highest BCUT2D eigenvalue weighted by Crippen LogP contribution is 2.43. The van der Waals surface area contributed by atoms with Gasteiger partial charge in [-0.05, 0) is 65.0 Å². The van der Waals surface area contributed by atoms with Crippen molar-refractivity contribution in [2.24, 2.45) is 0 Å². The predicted octanol–water partition coefficient (Wildman–Crippen LogP) is 4.82. The Hall–Kier alpha value is -1.46. The molecular formula is C20H30ClNO4. The third kappa shape index (κ3) is 4.63. The molecule has 1 aromatic carbocycles. The Labute approximate surface area is 161 Å². The lowest BCUT2D eigenvalue weighted by molar-refractivity contribution is 0.0204. The van der Waals surface area contributed by atoms with E-state index in [0.717, 1.165) is 24.0 Å². The molecule has 1 aliphatic heterocycles. The minimum atomic E-state index is -0.663. The van der Waals surface area contributed by atoms with Gasteiger partial charge >= 0.3 is 6.09 Å². The molecule has 0 bridgehead atoms. The normalized spacial score (nSPS) is 17.2. The molecule has 0 aromatic heterocycles. The van der Waals surface area contributed by atoms with E-state index in [1.807, 2.05) is 27.7 Å². The van der Waals surface area contributed by atoms with E-state index in [9.17, 15) is 9.90 Å². The van der Waals surface area contributed by atoms with Gasteiger partial charge in [0, 0.05) is 29.2 Å². The molecule has 2 rings (SSSR count). The van der Waals surface area contributed by atoms with Crippen molar-refractivity contribution < 1.29 is 19.4 Å². The first-order valence-corrected chi connectivity index (χ1v) is 9.45. The fourth-order valence-electron chi connectivity index (χ4n) is 3.47. The summed E-state index contributed by atoms with van der Waals surface area (Å²) >= 11 is 6.41. The number of amides is 1. The maximum Gasteiger partial charge on any atom is 0.410 e. The summed E-state index contributed by atoms with van der Waals surface area (Å²) in [7, 11) is 1.62. The van der Waals surface area contributed by atoms with Gasteiger partial charge in [-0.2, -0.15) is 0 Å². The Morgan fingerprint density at radius 3 is 2.38 bits per heavy atom. The number of methoxy groups -OCH3 is 1. The second-order valence-corrected chi connectivity index (χ2v) is 8.34. The molecule has 6 heteroatoms. The molecule has 0 saturated carbocycles. The van der Waals surface area contributed by atoms with Crippen LogP contribution in [0, 0.1) is 6.92 Å². The van der Waals surface area contributed by atoms with Crippen LogP contribution in [0.1, 0.15) is 69.2 Å². The van der Waals surface area contributed by atoms with Crippen LogP contribution >= 0.6 is 11.6 Å². The maximum absolute atomic E-state index is 12.3.